The van der Waals surface area contributed by atoms with Crippen molar-refractivity contribution in [3.05, 3.63) is 37.7 Å². The third kappa shape index (κ3) is 2.91. The average molecular weight is 343 g/mol. The van der Waals surface area contributed by atoms with Crippen LogP contribution in [0.1, 0.15) is 35.5 Å². The number of hydrogen-bond acceptors (Lipinski definition) is 4. The Morgan fingerprint density at radius 3 is 2.74 bits per heavy atom. The molecule has 6 heteroatoms. The molecule has 0 radical (unpaired) electrons. The van der Waals surface area contributed by atoms with Crippen molar-refractivity contribution in [3.63, 3.8) is 0 Å². The highest BCUT2D eigenvalue weighted by Crippen LogP contribution is 2.28. The Balaban J connectivity index is 2.31. The van der Waals surface area contributed by atoms with Gasteiger partial charge in [-0.2, -0.15) is 16.4 Å². The summed E-state index contributed by atoms with van der Waals surface area (Å²) in [6.45, 7) is 7.10. The van der Waals surface area contributed by atoms with E-state index in [1.165, 1.54) is 16.8 Å². The third-order valence-corrected chi connectivity index (χ3v) is 5.23. The summed E-state index contributed by atoms with van der Waals surface area (Å²) in [6.07, 6.45) is 0.823. The first kappa shape index (κ1) is 14.7. The maximum atomic E-state index is 5.74. The molecule has 2 aromatic rings. The fraction of sp³-hybridized carbons (Fsp3) is 0.462. The fourth-order valence-electron chi connectivity index (χ4n) is 2.24. The summed E-state index contributed by atoms with van der Waals surface area (Å²) in [7, 11) is 0. The van der Waals surface area contributed by atoms with Crippen LogP contribution in [0, 0.1) is 13.8 Å². The SMILES string of the molecule is CCn1nc(C)c(Br)c1CC(NN)c1cscc1C. The summed E-state index contributed by atoms with van der Waals surface area (Å²) in [6, 6.07) is 0.115. The number of halogens is 1. The van der Waals surface area contributed by atoms with Gasteiger partial charge < -0.3 is 0 Å². The summed E-state index contributed by atoms with van der Waals surface area (Å²) in [5.41, 5.74) is 7.68. The molecule has 2 aromatic heterocycles. The second kappa shape index (κ2) is 6.17. The van der Waals surface area contributed by atoms with Gasteiger partial charge in [0.05, 0.1) is 21.9 Å². The minimum atomic E-state index is 0.115. The van der Waals surface area contributed by atoms with Gasteiger partial charge in [0.15, 0.2) is 0 Å². The number of hydrogen-bond donors (Lipinski definition) is 2. The number of nitrogens with zero attached hydrogens (tertiary/aromatic N) is 2. The molecule has 0 aliphatic heterocycles. The van der Waals surface area contributed by atoms with Crippen molar-refractivity contribution in [2.24, 2.45) is 5.84 Å². The highest BCUT2D eigenvalue weighted by molar-refractivity contribution is 9.10. The van der Waals surface area contributed by atoms with Gasteiger partial charge in [-0.1, -0.05) is 0 Å². The minimum absolute atomic E-state index is 0.115. The van der Waals surface area contributed by atoms with Crippen LogP contribution < -0.4 is 11.3 Å². The highest BCUT2D eigenvalue weighted by Gasteiger charge is 2.19. The molecule has 0 fully saturated rings. The topological polar surface area (TPSA) is 55.9 Å². The van der Waals surface area contributed by atoms with E-state index in [-0.39, 0.29) is 6.04 Å². The Labute approximate surface area is 126 Å². The first-order chi connectivity index (χ1) is 9.08. The molecule has 0 spiro atoms. The zero-order chi connectivity index (χ0) is 14.0. The van der Waals surface area contributed by atoms with Crippen molar-refractivity contribution in [1.29, 1.82) is 0 Å². The van der Waals surface area contributed by atoms with Gasteiger partial charge in [-0.3, -0.25) is 16.0 Å². The van der Waals surface area contributed by atoms with Gasteiger partial charge in [-0.15, -0.1) is 0 Å². The lowest BCUT2D eigenvalue weighted by Crippen LogP contribution is -2.30. The van der Waals surface area contributed by atoms with Gasteiger partial charge in [-0.05, 0) is 58.6 Å². The Bertz CT molecular complexity index is 561. The van der Waals surface area contributed by atoms with Gasteiger partial charge in [0, 0.05) is 13.0 Å². The van der Waals surface area contributed by atoms with Crippen LogP contribution in [-0.2, 0) is 13.0 Å². The molecule has 0 amide bonds. The molecule has 0 aromatic carbocycles. The number of nitrogens with two attached hydrogens (primary N) is 1. The van der Waals surface area contributed by atoms with Crippen LogP contribution in [0.2, 0.25) is 0 Å². The van der Waals surface area contributed by atoms with Crippen LogP contribution in [0.15, 0.2) is 15.2 Å². The number of aromatic nitrogens is 2. The molecule has 0 aliphatic carbocycles. The van der Waals surface area contributed by atoms with Crippen LogP contribution in [-0.4, -0.2) is 9.78 Å². The van der Waals surface area contributed by atoms with Crippen molar-refractivity contribution < 1.29 is 0 Å². The second-order valence-corrected chi connectivity index (χ2v) is 6.13. The molecule has 104 valence electrons. The minimum Gasteiger partial charge on any atom is -0.271 e. The Morgan fingerprint density at radius 1 is 1.47 bits per heavy atom. The molecule has 0 bridgehead atoms. The fourth-order valence-corrected chi connectivity index (χ4v) is 3.59. The van der Waals surface area contributed by atoms with E-state index in [2.05, 4.69) is 51.1 Å². The van der Waals surface area contributed by atoms with Crippen LogP contribution in [0.5, 0.6) is 0 Å². The maximum absolute atomic E-state index is 5.74. The summed E-state index contributed by atoms with van der Waals surface area (Å²) in [5.74, 6) is 5.74. The lowest BCUT2D eigenvalue weighted by atomic mass is 10.0. The van der Waals surface area contributed by atoms with Gasteiger partial charge in [0.1, 0.15) is 0 Å². The number of aryl methyl sites for hydroxylation is 3. The van der Waals surface area contributed by atoms with Crippen LogP contribution in [0.4, 0.5) is 0 Å². The summed E-state index contributed by atoms with van der Waals surface area (Å²) in [5, 5.41) is 8.83. The molecular formula is C13H19BrN4S. The van der Waals surface area contributed by atoms with Crippen LogP contribution in [0.3, 0.4) is 0 Å². The van der Waals surface area contributed by atoms with Gasteiger partial charge in [-0.25, -0.2) is 0 Å². The van der Waals surface area contributed by atoms with E-state index in [0.29, 0.717) is 0 Å². The van der Waals surface area contributed by atoms with E-state index in [9.17, 15) is 0 Å². The van der Waals surface area contributed by atoms with Crippen molar-refractivity contribution in [2.45, 2.75) is 39.8 Å². The molecule has 1 atom stereocenters. The Kier molecular flexibility index (Phi) is 4.78. The average Bonchev–Trinajstić information content (AvgIpc) is 2.93. The van der Waals surface area contributed by atoms with E-state index in [1.807, 2.05) is 11.6 Å². The number of nitrogens with one attached hydrogen (secondary N) is 1. The van der Waals surface area contributed by atoms with Crippen LogP contribution >= 0.6 is 27.3 Å². The number of hydrazine groups is 1. The molecule has 19 heavy (non-hydrogen) atoms. The zero-order valence-corrected chi connectivity index (χ0v) is 13.8. The van der Waals surface area contributed by atoms with Gasteiger partial charge in [0.25, 0.3) is 0 Å². The molecule has 0 saturated heterocycles. The largest absolute Gasteiger partial charge is 0.271 e. The summed E-state index contributed by atoms with van der Waals surface area (Å²) < 4.78 is 3.12. The third-order valence-electron chi connectivity index (χ3n) is 3.32. The van der Waals surface area contributed by atoms with E-state index in [0.717, 1.165) is 23.1 Å². The highest BCUT2D eigenvalue weighted by atomic mass is 79.9. The van der Waals surface area contributed by atoms with Gasteiger partial charge in [0.2, 0.25) is 0 Å². The standard InChI is InChI=1S/C13H19BrN4S/c1-4-18-12(13(14)9(3)17-18)5-11(16-15)10-7-19-6-8(10)2/h6-7,11,16H,4-5,15H2,1-3H3. The van der Waals surface area contributed by atoms with Crippen molar-refractivity contribution in [1.82, 2.24) is 15.2 Å². The zero-order valence-electron chi connectivity index (χ0n) is 11.4. The second-order valence-electron chi connectivity index (χ2n) is 4.60. The Morgan fingerprint density at radius 2 is 2.21 bits per heavy atom. The van der Waals surface area contributed by atoms with E-state index in [4.69, 9.17) is 5.84 Å². The molecule has 0 aliphatic rings. The van der Waals surface area contributed by atoms with E-state index < -0.39 is 0 Å². The molecular weight excluding hydrogens is 324 g/mol. The van der Waals surface area contributed by atoms with E-state index in [1.54, 1.807) is 11.3 Å². The van der Waals surface area contributed by atoms with Gasteiger partial charge >= 0.3 is 0 Å². The molecule has 2 heterocycles. The lowest BCUT2D eigenvalue weighted by Gasteiger charge is -2.17. The predicted molar refractivity (Wildman–Crippen MR) is 83.2 cm³/mol. The monoisotopic (exact) mass is 342 g/mol. The van der Waals surface area contributed by atoms with Crippen LogP contribution in [0.25, 0.3) is 0 Å². The summed E-state index contributed by atoms with van der Waals surface area (Å²) >= 11 is 5.34. The molecule has 0 saturated carbocycles. The summed E-state index contributed by atoms with van der Waals surface area (Å²) in [4.78, 5) is 0. The first-order valence-corrected chi connectivity index (χ1v) is 8.02. The normalized spacial score (nSPS) is 12.9. The van der Waals surface area contributed by atoms with E-state index >= 15 is 0 Å². The Hall–Kier alpha value is -0.690. The van der Waals surface area contributed by atoms with Crippen molar-refractivity contribution in [2.75, 3.05) is 0 Å². The molecule has 4 nitrogen and oxygen atoms in total. The van der Waals surface area contributed by atoms with Crippen molar-refractivity contribution in [3.8, 4) is 0 Å². The number of thiophene rings is 1. The maximum Gasteiger partial charge on any atom is 0.0738 e. The molecule has 2 rings (SSSR count). The smallest absolute Gasteiger partial charge is 0.0738 e. The predicted octanol–water partition coefficient (Wildman–Crippen LogP) is 3.09. The molecule has 1 unspecified atom stereocenters. The molecule has 3 N–H and O–H groups in total. The quantitative estimate of drug-likeness (QED) is 0.648. The first-order valence-electron chi connectivity index (χ1n) is 6.29. The number of rotatable bonds is 5. The van der Waals surface area contributed by atoms with Crippen molar-refractivity contribution >= 4 is 27.3 Å². The lowest BCUT2D eigenvalue weighted by molar-refractivity contribution is 0.515.